The number of carbonyl (C=O) groups is 1. The molecule has 1 aliphatic heterocycles. The van der Waals surface area contributed by atoms with E-state index in [1.54, 1.807) is 0 Å². The average Bonchev–Trinajstić information content (AvgIpc) is 3.10. The lowest BCUT2D eigenvalue weighted by Crippen LogP contribution is -2.15. The molecule has 4 rings (SSSR count). The van der Waals surface area contributed by atoms with E-state index in [-0.39, 0.29) is 0 Å². The number of nitrogens with one attached hydrogen (secondary N) is 1. The highest BCUT2D eigenvalue weighted by molar-refractivity contribution is 5.86. The second-order valence-electron chi connectivity index (χ2n) is 8.23. The van der Waals surface area contributed by atoms with Crippen molar-refractivity contribution in [3.05, 3.63) is 18.0 Å². The van der Waals surface area contributed by atoms with Crippen molar-refractivity contribution < 1.29 is 14.3 Å². The molecule has 3 heterocycles. The third-order valence-corrected chi connectivity index (χ3v) is 5.21. The molecule has 0 bridgehead atoms. The van der Waals surface area contributed by atoms with Gasteiger partial charge in [0.05, 0.1) is 11.0 Å². The first-order valence-corrected chi connectivity index (χ1v) is 10.7. The summed E-state index contributed by atoms with van der Waals surface area (Å²) in [6.07, 6.45) is 4.26. The number of hydrogen-bond donors (Lipinski definition) is 1. The lowest BCUT2D eigenvalue weighted by molar-refractivity contribution is -0.119. The molecular formula is C22H29N5O3. The predicted octanol–water partition coefficient (Wildman–Crippen LogP) is 3.94. The smallest absolute Gasteiger partial charge is 0.204 e. The second-order valence-corrected chi connectivity index (χ2v) is 8.23. The van der Waals surface area contributed by atoms with Crippen LogP contribution in [0.5, 0.6) is 11.5 Å². The van der Waals surface area contributed by atoms with E-state index in [0.29, 0.717) is 55.0 Å². The third kappa shape index (κ3) is 4.32. The Labute approximate surface area is 176 Å². The fourth-order valence-corrected chi connectivity index (χ4v) is 3.82. The van der Waals surface area contributed by atoms with Crippen LogP contribution in [0.25, 0.3) is 16.7 Å². The number of ether oxygens (including phenoxy) is 2. The SMILES string of the molecule is Cc1nnc2c(NCCCCCC(=O)CC(C)C)nc3cc4c(cc3n12)OCCO4. The molecule has 1 aromatic carbocycles. The van der Waals surface area contributed by atoms with Crippen LogP contribution in [-0.2, 0) is 4.79 Å². The fourth-order valence-electron chi connectivity index (χ4n) is 3.82. The maximum Gasteiger partial charge on any atom is 0.204 e. The van der Waals surface area contributed by atoms with Crippen LogP contribution in [0.4, 0.5) is 5.82 Å². The van der Waals surface area contributed by atoms with Gasteiger partial charge in [0.25, 0.3) is 0 Å². The molecule has 8 heteroatoms. The van der Waals surface area contributed by atoms with Gasteiger partial charge in [-0.15, -0.1) is 10.2 Å². The van der Waals surface area contributed by atoms with Crippen molar-refractivity contribution in [2.24, 2.45) is 5.92 Å². The number of aromatic nitrogens is 4. The minimum Gasteiger partial charge on any atom is -0.486 e. The van der Waals surface area contributed by atoms with Gasteiger partial charge in [-0.05, 0) is 25.7 Å². The van der Waals surface area contributed by atoms with E-state index in [2.05, 4.69) is 29.4 Å². The van der Waals surface area contributed by atoms with Crippen LogP contribution in [0.15, 0.2) is 12.1 Å². The number of fused-ring (bicyclic) bond motifs is 4. The van der Waals surface area contributed by atoms with Gasteiger partial charge in [-0.1, -0.05) is 20.3 Å². The number of aryl methyl sites for hydroxylation is 1. The van der Waals surface area contributed by atoms with Crippen molar-refractivity contribution in [2.75, 3.05) is 25.1 Å². The van der Waals surface area contributed by atoms with E-state index in [0.717, 1.165) is 48.4 Å². The summed E-state index contributed by atoms with van der Waals surface area (Å²) in [7, 11) is 0. The Morgan fingerprint density at radius 2 is 1.90 bits per heavy atom. The molecule has 0 saturated carbocycles. The first-order valence-electron chi connectivity index (χ1n) is 10.7. The lowest BCUT2D eigenvalue weighted by atomic mass is 10.0. The summed E-state index contributed by atoms with van der Waals surface area (Å²) in [4.78, 5) is 16.6. The summed E-state index contributed by atoms with van der Waals surface area (Å²) in [6, 6.07) is 3.85. The normalized spacial score (nSPS) is 13.3. The number of ketones is 1. The van der Waals surface area contributed by atoms with Gasteiger partial charge >= 0.3 is 0 Å². The summed E-state index contributed by atoms with van der Waals surface area (Å²) >= 11 is 0. The maximum absolute atomic E-state index is 11.8. The molecule has 8 nitrogen and oxygen atoms in total. The Hall–Kier alpha value is -2.90. The van der Waals surface area contributed by atoms with Crippen LogP contribution >= 0.6 is 0 Å². The Bertz CT molecular complexity index is 1060. The first-order chi connectivity index (χ1) is 14.5. The summed E-state index contributed by atoms with van der Waals surface area (Å²) < 4.78 is 13.4. The highest BCUT2D eigenvalue weighted by Crippen LogP contribution is 2.35. The molecule has 0 saturated heterocycles. The molecule has 0 fully saturated rings. The topological polar surface area (TPSA) is 90.6 Å². The number of carbonyl (C=O) groups excluding carboxylic acids is 1. The van der Waals surface area contributed by atoms with Gasteiger partial charge in [0.1, 0.15) is 24.8 Å². The van der Waals surface area contributed by atoms with Gasteiger partial charge in [-0.3, -0.25) is 9.20 Å². The summed E-state index contributed by atoms with van der Waals surface area (Å²) in [5.41, 5.74) is 2.39. The van der Waals surface area contributed by atoms with Crippen molar-refractivity contribution in [3.8, 4) is 11.5 Å². The quantitative estimate of drug-likeness (QED) is 0.533. The highest BCUT2D eigenvalue weighted by Gasteiger charge is 2.18. The van der Waals surface area contributed by atoms with Crippen molar-refractivity contribution in [1.29, 1.82) is 0 Å². The molecule has 160 valence electrons. The third-order valence-electron chi connectivity index (χ3n) is 5.21. The number of nitrogens with zero attached hydrogens (tertiary/aromatic N) is 4. The van der Waals surface area contributed by atoms with Gasteiger partial charge in [0.2, 0.25) is 5.65 Å². The molecule has 1 aliphatic rings. The molecule has 0 atom stereocenters. The van der Waals surface area contributed by atoms with Crippen molar-refractivity contribution in [1.82, 2.24) is 19.6 Å². The molecule has 0 aliphatic carbocycles. The van der Waals surface area contributed by atoms with Gasteiger partial charge < -0.3 is 14.8 Å². The van der Waals surface area contributed by atoms with Crippen LogP contribution in [0.3, 0.4) is 0 Å². The zero-order valence-electron chi connectivity index (χ0n) is 17.9. The Morgan fingerprint density at radius 3 is 2.67 bits per heavy atom. The molecule has 30 heavy (non-hydrogen) atoms. The van der Waals surface area contributed by atoms with Crippen molar-refractivity contribution in [2.45, 2.75) is 52.9 Å². The molecule has 0 spiro atoms. The van der Waals surface area contributed by atoms with Crippen LogP contribution < -0.4 is 14.8 Å². The monoisotopic (exact) mass is 411 g/mol. The van der Waals surface area contributed by atoms with Crippen LogP contribution in [0, 0.1) is 12.8 Å². The average molecular weight is 412 g/mol. The van der Waals surface area contributed by atoms with Crippen LogP contribution in [-0.4, -0.2) is 45.1 Å². The fraction of sp³-hybridized carbons (Fsp3) is 0.545. The number of Topliss-reactive ketones (excluding diaryl/α,β-unsaturated/α-hetero) is 1. The molecule has 0 amide bonds. The van der Waals surface area contributed by atoms with Gasteiger partial charge in [0.15, 0.2) is 17.3 Å². The van der Waals surface area contributed by atoms with Gasteiger partial charge in [-0.2, -0.15) is 0 Å². The molecular weight excluding hydrogens is 382 g/mol. The molecule has 1 N–H and O–H groups in total. The van der Waals surface area contributed by atoms with Crippen molar-refractivity contribution in [3.63, 3.8) is 0 Å². The summed E-state index contributed by atoms with van der Waals surface area (Å²) in [5.74, 6) is 3.73. The number of hydrogen-bond acceptors (Lipinski definition) is 7. The van der Waals surface area contributed by atoms with E-state index in [1.807, 2.05) is 23.5 Å². The van der Waals surface area contributed by atoms with E-state index >= 15 is 0 Å². The molecule has 0 radical (unpaired) electrons. The minimum absolute atomic E-state index is 0.365. The lowest BCUT2D eigenvalue weighted by Gasteiger charge is -2.19. The molecule has 2 aromatic heterocycles. The minimum atomic E-state index is 0.365. The zero-order chi connectivity index (χ0) is 21.1. The van der Waals surface area contributed by atoms with Crippen LogP contribution in [0.1, 0.15) is 51.8 Å². The second kappa shape index (κ2) is 8.85. The van der Waals surface area contributed by atoms with E-state index in [9.17, 15) is 4.79 Å². The summed E-state index contributed by atoms with van der Waals surface area (Å²) in [6.45, 7) is 7.94. The van der Waals surface area contributed by atoms with Gasteiger partial charge in [0, 0.05) is 31.5 Å². The maximum atomic E-state index is 11.8. The number of unbranched alkanes of at least 4 members (excludes halogenated alkanes) is 2. The zero-order valence-corrected chi connectivity index (χ0v) is 17.9. The molecule has 3 aromatic rings. The first kappa shape index (κ1) is 20.4. The Morgan fingerprint density at radius 1 is 1.13 bits per heavy atom. The van der Waals surface area contributed by atoms with E-state index in [1.165, 1.54) is 0 Å². The van der Waals surface area contributed by atoms with Gasteiger partial charge in [-0.25, -0.2) is 4.98 Å². The van der Waals surface area contributed by atoms with Crippen molar-refractivity contribution >= 4 is 28.3 Å². The molecule has 0 unspecified atom stereocenters. The number of benzene rings is 1. The van der Waals surface area contributed by atoms with E-state index in [4.69, 9.17) is 14.5 Å². The summed E-state index contributed by atoms with van der Waals surface area (Å²) in [5, 5.41) is 12.0. The van der Waals surface area contributed by atoms with Crippen LogP contribution in [0.2, 0.25) is 0 Å². The Kier molecular flexibility index (Phi) is 6.01. The number of rotatable bonds is 9. The van der Waals surface area contributed by atoms with E-state index < -0.39 is 0 Å². The largest absolute Gasteiger partial charge is 0.486 e. The highest BCUT2D eigenvalue weighted by atomic mass is 16.6. The Balaban J connectivity index is 1.45. The number of anilines is 1. The predicted molar refractivity (Wildman–Crippen MR) is 115 cm³/mol. The standard InChI is InChI=1S/C22H29N5O3/c1-14(2)11-16(28)7-5-4-6-8-23-21-22-26-25-15(3)27(22)18-13-20-19(12-17(18)24-21)29-9-10-30-20/h12-14H,4-11H2,1-3H3,(H,23,24).